The molecule has 0 amide bonds. The summed E-state index contributed by atoms with van der Waals surface area (Å²) in [5.41, 5.74) is 0.887. The number of rotatable bonds is 2. The van der Waals surface area contributed by atoms with Gasteiger partial charge < -0.3 is 9.26 Å². The zero-order valence-electron chi connectivity index (χ0n) is 7.70. The first kappa shape index (κ1) is 8.10. The highest BCUT2D eigenvalue weighted by molar-refractivity contribution is 5.81. The summed E-state index contributed by atoms with van der Waals surface area (Å²) in [4.78, 5) is 0. The summed E-state index contributed by atoms with van der Waals surface area (Å²) in [5.74, 6) is 1.75. The van der Waals surface area contributed by atoms with Gasteiger partial charge in [-0.2, -0.15) is 0 Å². The molecule has 0 aliphatic rings. The molecule has 0 bridgehead atoms. The fraction of sp³-hybridized carbons (Fsp3) is 0.300. The second-order valence-electron chi connectivity index (χ2n) is 2.84. The van der Waals surface area contributed by atoms with Gasteiger partial charge in [-0.25, -0.2) is 0 Å². The predicted octanol–water partition coefficient (Wildman–Crippen LogP) is 2.40. The molecule has 1 aromatic heterocycles. The molecule has 0 aliphatic carbocycles. The van der Waals surface area contributed by atoms with Crippen LogP contribution in [0.15, 0.2) is 22.7 Å². The summed E-state index contributed by atoms with van der Waals surface area (Å²) in [6.45, 7) is 2.04. The molecule has 3 heteroatoms. The molecule has 68 valence electrons. The van der Waals surface area contributed by atoms with Crippen LogP contribution in [-0.2, 0) is 6.42 Å². The number of hydrogen-bond donors (Lipinski definition) is 0. The molecule has 0 saturated heterocycles. The standard InChI is InChI=1S/C10H11NO2/c1-3-10-8-6-7(12-2)4-5-9(8)11-13-10/h4-6H,3H2,1-2H3. The van der Waals surface area contributed by atoms with Gasteiger partial charge in [0.25, 0.3) is 0 Å². The normalized spacial score (nSPS) is 10.6. The molecule has 1 aromatic carbocycles. The Kier molecular flexibility index (Phi) is 1.93. The number of ether oxygens (including phenoxy) is 1. The first-order chi connectivity index (χ1) is 6.35. The van der Waals surface area contributed by atoms with Gasteiger partial charge in [0.15, 0.2) is 0 Å². The van der Waals surface area contributed by atoms with Crippen LogP contribution in [0.4, 0.5) is 0 Å². The molecule has 0 unspecified atom stereocenters. The van der Waals surface area contributed by atoms with Crippen molar-refractivity contribution in [2.75, 3.05) is 7.11 Å². The molecule has 13 heavy (non-hydrogen) atoms. The van der Waals surface area contributed by atoms with Crippen LogP contribution in [-0.4, -0.2) is 12.3 Å². The molecule has 0 aliphatic heterocycles. The highest BCUT2D eigenvalue weighted by Crippen LogP contribution is 2.23. The van der Waals surface area contributed by atoms with E-state index in [9.17, 15) is 0 Å². The fourth-order valence-electron chi connectivity index (χ4n) is 1.35. The Morgan fingerprint density at radius 3 is 3.00 bits per heavy atom. The van der Waals surface area contributed by atoms with E-state index >= 15 is 0 Å². The minimum Gasteiger partial charge on any atom is -0.497 e. The van der Waals surface area contributed by atoms with Crippen LogP contribution in [0.25, 0.3) is 10.9 Å². The van der Waals surface area contributed by atoms with Gasteiger partial charge in [-0.15, -0.1) is 0 Å². The molecule has 0 atom stereocenters. The maximum absolute atomic E-state index is 5.16. The van der Waals surface area contributed by atoms with Crippen molar-refractivity contribution < 1.29 is 9.26 Å². The van der Waals surface area contributed by atoms with E-state index in [0.29, 0.717) is 0 Å². The van der Waals surface area contributed by atoms with E-state index in [4.69, 9.17) is 9.26 Å². The lowest BCUT2D eigenvalue weighted by Crippen LogP contribution is -1.82. The first-order valence-electron chi connectivity index (χ1n) is 4.27. The third-order valence-corrected chi connectivity index (χ3v) is 2.08. The van der Waals surface area contributed by atoms with Crippen molar-refractivity contribution in [2.45, 2.75) is 13.3 Å². The second-order valence-corrected chi connectivity index (χ2v) is 2.84. The zero-order valence-corrected chi connectivity index (χ0v) is 7.70. The van der Waals surface area contributed by atoms with Gasteiger partial charge >= 0.3 is 0 Å². The predicted molar refractivity (Wildman–Crippen MR) is 49.9 cm³/mol. The number of methoxy groups -OCH3 is 1. The molecule has 2 aromatic rings. The molecule has 0 fully saturated rings. The number of hydrogen-bond acceptors (Lipinski definition) is 3. The van der Waals surface area contributed by atoms with Crippen molar-refractivity contribution >= 4 is 10.9 Å². The van der Waals surface area contributed by atoms with Gasteiger partial charge in [0.05, 0.1) is 7.11 Å². The number of aromatic nitrogens is 1. The molecule has 1 heterocycles. The number of aryl methyl sites for hydroxylation is 1. The van der Waals surface area contributed by atoms with Gasteiger partial charge in [-0.1, -0.05) is 12.1 Å². The summed E-state index contributed by atoms with van der Waals surface area (Å²) < 4.78 is 10.3. The SMILES string of the molecule is CCc1onc2ccc(OC)cc12. The van der Waals surface area contributed by atoms with Crippen LogP contribution in [0, 0.1) is 0 Å². The van der Waals surface area contributed by atoms with Crippen molar-refractivity contribution in [3.05, 3.63) is 24.0 Å². The number of nitrogens with zero attached hydrogens (tertiary/aromatic N) is 1. The van der Waals surface area contributed by atoms with Gasteiger partial charge in [-0.3, -0.25) is 0 Å². The summed E-state index contributed by atoms with van der Waals surface area (Å²) in [6.07, 6.45) is 0.851. The lowest BCUT2D eigenvalue weighted by atomic mass is 10.2. The Morgan fingerprint density at radius 1 is 1.46 bits per heavy atom. The third-order valence-electron chi connectivity index (χ3n) is 2.08. The van der Waals surface area contributed by atoms with Gasteiger partial charge in [0, 0.05) is 11.8 Å². The van der Waals surface area contributed by atoms with Crippen molar-refractivity contribution in [1.82, 2.24) is 5.16 Å². The van der Waals surface area contributed by atoms with Crippen molar-refractivity contribution in [1.29, 1.82) is 0 Å². The van der Waals surface area contributed by atoms with E-state index in [-0.39, 0.29) is 0 Å². The Bertz CT molecular complexity index is 420. The summed E-state index contributed by atoms with van der Waals surface area (Å²) in [5, 5.41) is 4.98. The largest absolute Gasteiger partial charge is 0.497 e. The Morgan fingerprint density at radius 2 is 2.31 bits per heavy atom. The molecule has 0 radical (unpaired) electrons. The first-order valence-corrected chi connectivity index (χ1v) is 4.27. The second kappa shape index (κ2) is 3.09. The van der Waals surface area contributed by atoms with E-state index in [2.05, 4.69) is 5.16 Å². The highest BCUT2D eigenvalue weighted by atomic mass is 16.5. The van der Waals surface area contributed by atoms with E-state index < -0.39 is 0 Å². The minimum atomic E-state index is 0.838. The quantitative estimate of drug-likeness (QED) is 0.706. The maximum Gasteiger partial charge on any atom is 0.144 e. The smallest absolute Gasteiger partial charge is 0.144 e. The van der Waals surface area contributed by atoms with E-state index in [1.54, 1.807) is 7.11 Å². The van der Waals surface area contributed by atoms with Gasteiger partial charge in [0.2, 0.25) is 0 Å². The molecule has 0 saturated carbocycles. The minimum absolute atomic E-state index is 0.838. The van der Waals surface area contributed by atoms with E-state index in [0.717, 1.165) is 28.8 Å². The average molecular weight is 177 g/mol. The van der Waals surface area contributed by atoms with Gasteiger partial charge in [0.1, 0.15) is 17.0 Å². The van der Waals surface area contributed by atoms with Crippen LogP contribution < -0.4 is 4.74 Å². The van der Waals surface area contributed by atoms with Crippen LogP contribution in [0.3, 0.4) is 0 Å². The molecular formula is C10H11NO2. The van der Waals surface area contributed by atoms with Crippen LogP contribution in [0.2, 0.25) is 0 Å². The summed E-state index contributed by atoms with van der Waals surface area (Å²) in [7, 11) is 1.65. The maximum atomic E-state index is 5.16. The topological polar surface area (TPSA) is 35.3 Å². The van der Waals surface area contributed by atoms with Crippen LogP contribution in [0.1, 0.15) is 12.7 Å². The van der Waals surface area contributed by atoms with Crippen LogP contribution >= 0.6 is 0 Å². The van der Waals surface area contributed by atoms with Crippen molar-refractivity contribution in [2.24, 2.45) is 0 Å². The van der Waals surface area contributed by atoms with Crippen molar-refractivity contribution in [3.63, 3.8) is 0 Å². The van der Waals surface area contributed by atoms with Crippen molar-refractivity contribution in [3.8, 4) is 5.75 Å². The lowest BCUT2D eigenvalue weighted by molar-refractivity contribution is 0.394. The molecular weight excluding hydrogens is 166 g/mol. The summed E-state index contributed by atoms with van der Waals surface area (Å²) >= 11 is 0. The molecule has 3 nitrogen and oxygen atoms in total. The Labute approximate surface area is 76.3 Å². The Balaban J connectivity index is 2.64. The lowest BCUT2D eigenvalue weighted by Gasteiger charge is -1.97. The van der Waals surface area contributed by atoms with Gasteiger partial charge in [-0.05, 0) is 18.2 Å². The van der Waals surface area contributed by atoms with E-state index in [1.165, 1.54) is 0 Å². The zero-order chi connectivity index (χ0) is 9.26. The summed E-state index contributed by atoms with van der Waals surface area (Å²) in [6, 6.07) is 5.73. The number of fused-ring (bicyclic) bond motifs is 1. The third kappa shape index (κ3) is 1.26. The molecule has 0 N–H and O–H groups in total. The monoisotopic (exact) mass is 177 g/mol. The van der Waals surface area contributed by atoms with Crippen LogP contribution in [0.5, 0.6) is 5.75 Å². The fourth-order valence-corrected chi connectivity index (χ4v) is 1.35. The van der Waals surface area contributed by atoms with E-state index in [1.807, 2.05) is 25.1 Å². The molecule has 0 spiro atoms. The average Bonchev–Trinajstić information content (AvgIpc) is 2.59. The highest BCUT2D eigenvalue weighted by Gasteiger charge is 2.06. The Hall–Kier alpha value is -1.51. The molecule has 2 rings (SSSR count). The number of benzene rings is 1.